The molecule has 0 spiro atoms. The van der Waals surface area contributed by atoms with Gasteiger partial charge in [0, 0.05) is 12.1 Å². The van der Waals surface area contributed by atoms with Gasteiger partial charge in [-0.05, 0) is 34.8 Å². The molecule has 1 aliphatic rings. The van der Waals surface area contributed by atoms with Gasteiger partial charge >= 0.3 is 6.18 Å². The van der Waals surface area contributed by atoms with Crippen molar-refractivity contribution in [2.24, 2.45) is 0 Å². The first-order valence-electron chi connectivity index (χ1n) is 6.01. The number of amides is 1. The largest absolute Gasteiger partial charge is 0.406 e. The molecule has 0 N–H and O–H groups in total. The van der Waals surface area contributed by atoms with Crippen molar-refractivity contribution in [2.45, 2.75) is 25.1 Å². The quantitative estimate of drug-likeness (QED) is 0.604. The zero-order chi connectivity index (χ0) is 15.8. The molecule has 0 aliphatic heterocycles. The fourth-order valence-corrected chi connectivity index (χ4v) is 2.51. The van der Waals surface area contributed by atoms with Crippen molar-refractivity contribution in [1.82, 2.24) is 4.90 Å². The molecule has 0 atom stereocenters. The van der Waals surface area contributed by atoms with E-state index in [-0.39, 0.29) is 15.7 Å². The zero-order valence-corrected chi connectivity index (χ0v) is 12.1. The number of halogens is 4. The molecule has 2 rings (SSSR count). The SMILES string of the molecule is O=C(c1cccc([N+](=O)[O-])c1Br)N(CC(F)(F)F)C1CC1. The number of carbonyl (C=O) groups excluding carboxylic acids is 1. The van der Waals surface area contributed by atoms with E-state index in [0.29, 0.717) is 12.8 Å². The monoisotopic (exact) mass is 366 g/mol. The van der Waals surface area contributed by atoms with E-state index < -0.39 is 29.6 Å². The first-order chi connectivity index (χ1) is 9.70. The molecule has 1 aliphatic carbocycles. The molecule has 0 unspecified atom stereocenters. The average molecular weight is 367 g/mol. The Kier molecular flexibility index (Phi) is 4.22. The van der Waals surface area contributed by atoms with E-state index in [2.05, 4.69) is 15.9 Å². The highest BCUT2D eigenvalue weighted by molar-refractivity contribution is 9.10. The molecule has 1 amide bonds. The predicted molar refractivity (Wildman–Crippen MR) is 70.9 cm³/mol. The summed E-state index contributed by atoms with van der Waals surface area (Å²) in [5, 5.41) is 10.8. The third-order valence-electron chi connectivity index (χ3n) is 3.00. The predicted octanol–water partition coefficient (Wildman–Crippen LogP) is 3.52. The van der Waals surface area contributed by atoms with Crippen LogP contribution in [0.3, 0.4) is 0 Å². The van der Waals surface area contributed by atoms with Gasteiger partial charge in [0.25, 0.3) is 11.6 Å². The molecule has 114 valence electrons. The number of nitro groups is 1. The number of nitrogens with zero attached hydrogens (tertiary/aromatic N) is 2. The van der Waals surface area contributed by atoms with Crippen LogP contribution in [0.15, 0.2) is 22.7 Å². The van der Waals surface area contributed by atoms with E-state index in [1.165, 1.54) is 18.2 Å². The number of benzene rings is 1. The Bertz CT molecular complexity index is 588. The van der Waals surface area contributed by atoms with Crippen molar-refractivity contribution in [3.8, 4) is 0 Å². The summed E-state index contributed by atoms with van der Waals surface area (Å²) in [5.41, 5.74) is -0.496. The summed E-state index contributed by atoms with van der Waals surface area (Å²) in [4.78, 5) is 23.1. The van der Waals surface area contributed by atoms with E-state index in [1.807, 2.05) is 0 Å². The Balaban J connectivity index is 2.33. The molecular weight excluding hydrogens is 357 g/mol. The van der Waals surface area contributed by atoms with Gasteiger partial charge in [-0.1, -0.05) is 6.07 Å². The van der Waals surface area contributed by atoms with E-state index in [4.69, 9.17) is 0 Å². The smallest absolute Gasteiger partial charge is 0.327 e. The number of hydrogen-bond acceptors (Lipinski definition) is 3. The molecule has 0 heterocycles. The highest BCUT2D eigenvalue weighted by Crippen LogP contribution is 2.34. The van der Waals surface area contributed by atoms with Crippen LogP contribution in [0.2, 0.25) is 0 Å². The third-order valence-corrected chi connectivity index (χ3v) is 3.84. The molecule has 0 saturated heterocycles. The number of alkyl halides is 3. The van der Waals surface area contributed by atoms with Gasteiger partial charge < -0.3 is 4.90 Å². The van der Waals surface area contributed by atoms with Crippen LogP contribution in [0.1, 0.15) is 23.2 Å². The minimum absolute atomic E-state index is 0.104. The first kappa shape index (κ1) is 15.7. The topological polar surface area (TPSA) is 63.4 Å². The summed E-state index contributed by atoms with van der Waals surface area (Å²) in [6, 6.07) is 3.26. The lowest BCUT2D eigenvalue weighted by Gasteiger charge is -2.24. The lowest BCUT2D eigenvalue weighted by molar-refractivity contribution is -0.385. The third kappa shape index (κ3) is 3.72. The van der Waals surface area contributed by atoms with Crippen molar-refractivity contribution >= 4 is 27.5 Å². The van der Waals surface area contributed by atoms with Gasteiger partial charge in [-0.2, -0.15) is 13.2 Å². The van der Waals surface area contributed by atoms with Gasteiger partial charge in [0.1, 0.15) is 11.0 Å². The minimum Gasteiger partial charge on any atom is -0.327 e. The zero-order valence-electron chi connectivity index (χ0n) is 10.6. The van der Waals surface area contributed by atoms with Crippen molar-refractivity contribution in [3.05, 3.63) is 38.3 Å². The molecule has 0 bridgehead atoms. The highest BCUT2D eigenvalue weighted by Gasteiger charge is 2.41. The fourth-order valence-electron chi connectivity index (χ4n) is 1.93. The first-order valence-corrected chi connectivity index (χ1v) is 6.80. The van der Waals surface area contributed by atoms with Gasteiger partial charge in [0.2, 0.25) is 0 Å². The molecule has 0 aromatic heterocycles. The van der Waals surface area contributed by atoms with Crippen LogP contribution in [0.25, 0.3) is 0 Å². The molecule has 21 heavy (non-hydrogen) atoms. The van der Waals surface area contributed by atoms with E-state index in [0.717, 1.165) is 4.90 Å². The molecule has 1 aromatic rings. The van der Waals surface area contributed by atoms with Crippen LogP contribution in [0.4, 0.5) is 18.9 Å². The molecule has 1 aromatic carbocycles. The van der Waals surface area contributed by atoms with Crippen molar-refractivity contribution < 1.29 is 22.9 Å². The second kappa shape index (κ2) is 5.63. The van der Waals surface area contributed by atoms with E-state index >= 15 is 0 Å². The van der Waals surface area contributed by atoms with E-state index in [9.17, 15) is 28.1 Å². The van der Waals surface area contributed by atoms with Gasteiger partial charge in [-0.25, -0.2) is 0 Å². The fraction of sp³-hybridized carbons (Fsp3) is 0.417. The van der Waals surface area contributed by atoms with Crippen LogP contribution in [0, 0.1) is 10.1 Å². The summed E-state index contributed by atoms with van der Waals surface area (Å²) >= 11 is 2.93. The Hall–Kier alpha value is -1.64. The van der Waals surface area contributed by atoms with Gasteiger partial charge in [0.15, 0.2) is 0 Å². The average Bonchev–Trinajstić information content (AvgIpc) is 3.18. The number of hydrogen-bond donors (Lipinski definition) is 0. The van der Waals surface area contributed by atoms with Crippen molar-refractivity contribution in [1.29, 1.82) is 0 Å². The molecule has 1 fully saturated rings. The Labute approximate surface area is 126 Å². The van der Waals surface area contributed by atoms with Crippen molar-refractivity contribution in [2.75, 3.05) is 6.54 Å². The Morgan fingerprint density at radius 3 is 2.52 bits per heavy atom. The maximum absolute atomic E-state index is 12.6. The van der Waals surface area contributed by atoms with Crippen LogP contribution in [-0.4, -0.2) is 34.5 Å². The number of rotatable bonds is 4. The maximum atomic E-state index is 12.6. The maximum Gasteiger partial charge on any atom is 0.406 e. The number of nitro benzene ring substituents is 1. The Morgan fingerprint density at radius 2 is 2.05 bits per heavy atom. The minimum atomic E-state index is -4.51. The van der Waals surface area contributed by atoms with Crippen LogP contribution in [0.5, 0.6) is 0 Å². The van der Waals surface area contributed by atoms with Gasteiger partial charge in [0.05, 0.1) is 10.5 Å². The summed E-state index contributed by atoms with van der Waals surface area (Å²) in [7, 11) is 0. The molecule has 0 radical (unpaired) electrons. The lowest BCUT2D eigenvalue weighted by Crippen LogP contribution is -2.40. The van der Waals surface area contributed by atoms with Gasteiger partial charge in [-0.15, -0.1) is 0 Å². The van der Waals surface area contributed by atoms with Crippen LogP contribution >= 0.6 is 15.9 Å². The normalized spacial score (nSPS) is 14.9. The summed E-state index contributed by atoms with van der Waals surface area (Å²) in [6.07, 6.45) is -3.49. The van der Waals surface area contributed by atoms with Gasteiger partial charge in [-0.3, -0.25) is 14.9 Å². The Morgan fingerprint density at radius 1 is 1.43 bits per heavy atom. The molecular formula is C12H10BrF3N2O3. The van der Waals surface area contributed by atoms with Crippen LogP contribution < -0.4 is 0 Å². The second-order valence-corrected chi connectivity index (χ2v) is 5.47. The summed E-state index contributed by atoms with van der Waals surface area (Å²) in [5.74, 6) is -0.856. The molecule has 9 heteroatoms. The summed E-state index contributed by atoms with van der Waals surface area (Å²) in [6.45, 7) is -1.36. The van der Waals surface area contributed by atoms with E-state index in [1.54, 1.807) is 0 Å². The molecule has 1 saturated carbocycles. The molecule has 5 nitrogen and oxygen atoms in total. The second-order valence-electron chi connectivity index (χ2n) is 4.68. The number of carbonyl (C=O) groups is 1. The standard InChI is InChI=1S/C12H10BrF3N2O3/c13-10-8(2-1-3-9(10)18(20)21)11(19)17(7-4-5-7)6-12(14,15)16/h1-3,7H,4-6H2. The summed E-state index contributed by atoms with van der Waals surface area (Å²) < 4.78 is 37.6. The highest BCUT2D eigenvalue weighted by atomic mass is 79.9. The lowest BCUT2D eigenvalue weighted by atomic mass is 10.1. The van der Waals surface area contributed by atoms with Crippen molar-refractivity contribution in [3.63, 3.8) is 0 Å². The van der Waals surface area contributed by atoms with Crippen LogP contribution in [-0.2, 0) is 0 Å².